The normalized spacial score (nSPS) is 12.7. The molecule has 0 saturated heterocycles. The fourth-order valence-corrected chi connectivity index (χ4v) is 2.29. The number of rotatable bonds is 9. The minimum atomic E-state index is 0.395. The molecule has 0 radical (unpaired) electrons. The molecule has 0 amide bonds. The van der Waals surface area contributed by atoms with Crippen LogP contribution in [0.1, 0.15) is 58.6 Å². The molecule has 1 atom stereocenters. The van der Waals surface area contributed by atoms with E-state index in [1.165, 1.54) is 12.0 Å². The van der Waals surface area contributed by atoms with Crippen LogP contribution in [0.5, 0.6) is 5.75 Å². The van der Waals surface area contributed by atoms with Gasteiger partial charge in [-0.25, -0.2) is 0 Å². The van der Waals surface area contributed by atoms with Crippen LogP contribution in [0, 0.1) is 5.92 Å². The lowest BCUT2D eigenvalue weighted by molar-refractivity contribution is 0.291. The van der Waals surface area contributed by atoms with Gasteiger partial charge in [-0.05, 0) is 37.8 Å². The first-order valence-electron chi connectivity index (χ1n) is 7.64. The van der Waals surface area contributed by atoms with Crippen molar-refractivity contribution >= 4 is 0 Å². The molecule has 1 rings (SSSR count). The number of hydrogen-bond acceptors (Lipinski definition) is 2. The van der Waals surface area contributed by atoms with Crippen LogP contribution in [0.15, 0.2) is 24.3 Å². The van der Waals surface area contributed by atoms with Crippen LogP contribution >= 0.6 is 0 Å². The largest absolute Gasteiger partial charge is 0.493 e. The maximum absolute atomic E-state index is 5.98. The van der Waals surface area contributed by atoms with Gasteiger partial charge in [0.25, 0.3) is 0 Å². The SMILES string of the molecule is CCNC(CC)c1ccccc1OCCCC(C)C. The Morgan fingerprint density at radius 2 is 1.89 bits per heavy atom. The fourth-order valence-electron chi connectivity index (χ4n) is 2.29. The molecule has 0 spiro atoms. The first-order valence-corrected chi connectivity index (χ1v) is 7.64. The van der Waals surface area contributed by atoms with Gasteiger partial charge in [0.05, 0.1) is 6.61 Å². The molecule has 0 bridgehead atoms. The molecule has 0 aromatic heterocycles. The van der Waals surface area contributed by atoms with Crippen molar-refractivity contribution in [3.8, 4) is 5.75 Å². The van der Waals surface area contributed by atoms with Crippen LogP contribution in [-0.4, -0.2) is 13.2 Å². The summed E-state index contributed by atoms with van der Waals surface area (Å²) in [5.41, 5.74) is 1.29. The number of benzene rings is 1. The molecule has 1 N–H and O–H groups in total. The Kier molecular flexibility index (Phi) is 7.57. The fraction of sp³-hybridized carbons (Fsp3) is 0.647. The van der Waals surface area contributed by atoms with E-state index in [-0.39, 0.29) is 0 Å². The summed E-state index contributed by atoms with van der Waals surface area (Å²) in [7, 11) is 0. The molecule has 108 valence electrons. The maximum atomic E-state index is 5.98. The second kappa shape index (κ2) is 8.98. The summed E-state index contributed by atoms with van der Waals surface area (Å²) < 4.78 is 5.98. The van der Waals surface area contributed by atoms with Gasteiger partial charge in [-0.3, -0.25) is 0 Å². The van der Waals surface area contributed by atoms with E-state index in [2.05, 4.69) is 57.3 Å². The number of hydrogen-bond donors (Lipinski definition) is 1. The summed E-state index contributed by atoms with van der Waals surface area (Å²) in [5, 5.41) is 3.52. The van der Waals surface area contributed by atoms with Crippen molar-refractivity contribution in [1.29, 1.82) is 0 Å². The molecule has 1 aromatic carbocycles. The lowest BCUT2D eigenvalue weighted by atomic mass is 10.0. The predicted molar refractivity (Wildman–Crippen MR) is 82.7 cm³/mol. The smallest absolute Gasteiger partial charge is 0.124 e. The monoisotopic (exact) mass is 263 g/mol. The molecule has 2 nitrogen and oxygen atoms in total. The molecule has 1 aromatic rings. The van der Waals surface area contributed by atoms with Crippen molar-refractivity contribution in [3.63, 3.8) is 0 Å². The molecular formula is C17H29NO. The number of nitrogens with one attached hydrogen (secondary N) is 1. The molecule has 0 aliphatic heterocycles. The van der Waals surface area contributed by atoms with Gasteiger partial charge < -0.3 is 10.1 Å². The molecule has 0 heterocycles. The van der Waals surface area contributed by atoms with Crippen molar-refractivity contribution in [3.05, 3.63) is 29.8 Å². The average molecular weight is 263 g/mol. The van der Waals surface area contributed by atoms with Crippen LogP contribution in [0.2, 0.25) is 0 Å². The molecule has 0 fully saturated rings. The van der Waals surface area contributed by atoms with Crippen molar-refractivity contribution in [2.24, 2.45) is 5.92 Å². The average Bonchev–Trinajstić information content (AvgIpc) is 2.41. The van der Waals surface area contributed by atoms with Crippen LogP contribution in [0.25, 0.3) is 0 Å². The third-order valence-corrected chi connectivity index (χ3v) is 3.34. The van der Waals surface area contributed by atoms with Crippen LogP contribution in [-0.2, 0) is 0 Å². The Morgan fingerprint density at radius 3 is 2.53 bits per heavy atom. The van der Waals surface area contributed by atoms with Gasteiger partial charge in [-0.2, -0.15) is 0 Å². The summed E-state index contributed by atoms with van der Waals surface area (Å²) in [6.07, 6.45) is 3.44. The van der Waals surface area contributed by atoms with Crippen molar-refractivity contribution in [2.45, 2.75) is 53.0 Å². The van der Waals surface area contributed by atoms with E-state index in [1.54, 1.807) is 0 Å². The highest BCUT2D eigenvalue weighted by atomic mass is 16.5. The van der Waals surface area contributed by atoms with Crippen LogP contribution < -0.4 is 10.1 Å². The lowest BCUT2D eigenvalue weighted by Gasteiger charge is -2.20. The van der Waals surface area contributed by atoms with Crippen molar-refractivity contribution in [2.75, 3.05) is 13.2 Å². The van der Waals surface area contributed by atoms with Gasteiger partial charge in [0, 0.05) is 11.6 Å². The Morgan fingerprint density at radius 1 is 1.16 bits per heavy atom. The zero-order chi connectivity index (χ0) is 14.1. The van der Waals surface area contributed by atoms with E-state index < -0.39 is 0 Å². The van der Waals surface area contributed by atoms with Crippen molar-refractivity contribution in [1.82, 2.24) is 5.32 Å². The highest BCUT2D eigenvalue weighted by Gasteiger charge is 2.12. The second-order valence-corrected chi connectivity index (χ2v) is 5.44. The Labute approximate surface area is 118 Å². The van der Waals surface area contributed by atoms with Crippen LogP contribution in [0.3, 0.4) is 0 Å². The first-order chi connectivity index (χ1) is 9.19. The second-order valence-electron chi connectivity index (χ2n) is 5.44. The predicted octanol–water partition coefficient (Wildman–Crippen LogP) is 4.56. The van der Waals surface area contributed by atoms with E-state index >= 15 is 0 Å². The van der Waals surface area contributed by atoms with E-state index in [9.17, 15) is 0 Å². The Balaban J connectivity index is 2.61. The van der Waals surface area contributed by atoms with Gasteiger partial charge >= 0.3 is 0 Å². The zero-order valence-corrected chi connectivity index (χ0v) is 12.9. The number of para-hydroxylation sites is 1. The van der Waals surface area contributed by atoms with Gasteiger partial charge in [0.1, 0.15) is 5.75 Å². The summed E-state index contributed by atoms with van der Waals surface area (Å²) in [6, 6.07) is 8.81. The summed E-state index contributed by atoms with van der Waals surface area (Å²) in [4.78, 5) is 0. The molecule has 19 heavy (non-hydrogen) atoms. The van der Waals surface area contributed by atoms with E-state index in [0.717, 1.165) is 37.7 Å². The Hall–Kier alpha value is -1.02. The molecule has 0 aliphatic carbocycles. The molecule has 2 heteroatoms. The van der Waals surface area contributed by atoms with Gasteiger partial charge in [-0.15, -0.1) is 0 Å². The van der Waals surface area contributed by atoms with E-state index in [1.807, 2.05) is 0 Å². The lowest BCUT2D eigenvalue weighted by Crippen LogP contribution is -2.20. The highest BCUT2D eigenvalue weighted by Crippen LogP contribution is 2.27. The zero-order valence-electron chi connectivity index (χ0n) is 12.9. The summed E-state index contributed by atoms with van der Waals surface area (Å²) >= 11 is 0. The minimum Gasteiger partial charge on any atom is -0.493 e. The standard InChI is InChI=1S/C17H29NO/c1-5-16(18-6-2)15-11-7-8-12-17(15)19-13-9-10-14(3)4/h7-8,11-12,14,16,18H,5-6,9-10,13H2,1-4H3. The van der Waals surface area contributed by atoms with Gasteiger partial charge in [-0.1, -0.05) is 45.9 Å². The third-order valence-electron chi connectivity index (χ3n) is 3.34. The summed E-state index contributed by atoms with van der Waals surface area (Å²) in [5.74, 6) is 1.79. The molecule has 0 saturated carbocycles. The topological polar surface area (TPSA) is 21.3 Å². The Bertz CT molecular complexity index is 349. The van der Waals surface area contributed by atoms with E-state index in [0.29, 0.717) is 6.04 Å². The van der Waals surface area contributed by atoms with E-state index in [4.69, 9.17) is 4.74 Å². The van der Waals surface area contributed by atoms with Gasteiger partial charge in [0.15, 0.2) is 0 Å². The quantitative estimate of drug-likeness (QED) is 0.659. The van der Waals surface area contributed by atoms with Gasteiger partial charge in [0.2, 0.25) is 0 Å². The summed E-state index contributed by atoms with van der Waals surface area (Å²) in [6.45, 7) is 10.7. The molecule has 1 unspecified atom stereocenters. The molecular weight excluding hydrogens is 234 g/mol. The minimum absolute atomic E-state index is 0.395. The third kappa shape index (κ3) is 5.65. The maximum Gasteiger partial charge on any atom is 0.124 e. The molecule has 0 aliphatic rings. The number of ether oxygens (including phenoxy) is 1. The highest BCUT2D eigenvalue weighted by molar-refractivity contribution is 5.35. The first kappa shape index (κ1) is 16.0. The van der Waals surface area contributed by atoms with Crippen molar-refractivity contribution < 1.29 is 4.74 Å². The van der Waals surface area contributed by atoms with Crippen LogP contribution in [0.4, 0.5) is 0 Å².